The Morgan fingerprint density at radius 3 is 2.75 bits per heavy atom. The molecule has 0 spiro atoms. The molecule has 0 radical (unpaired) electrons. The summed E-state index contributed by atoms with van der Waals surface area (Å²) < 4.78 is 40.5. The summed E-state index contributed by atoms with van der Waals surface area (Å²) in [4.78, 5) is 0. The Morgan fingerprint density at radius 1 is 1.35 bits per heavy atom. The largest absolute Gasteiger partial charge is 0.573 e. The number of hydrogen-bond donors (Lipinski definition) is 1. The van der Waals surface area contributed by atoms with Crippen LogP contribution in [0.25, 0.3) is 0 Å². The van der Waals surface area contributed by atoms with E-state index in [0.717, 1.165) is 25.1 Å². The Bertz CT molecular complexity index is 445. The molecule has 112 valence electrons. The SMILES string of the molecule is CC(C)CNCC1CC1c1cccc(OC(F)(F)F)c1. The Hall–Kier alpha value is -1.23. The molecule has 2 nitrogen and oxygen atoms in total. The highest BCUT2D eigenvalue weighted by Crippen LogP contribution is 2.47. The van der Waals surface area contributed by atoms with Gasteiger partial charge in [-0.1, -0.05) is 26.0 Å². The molecule has 0 saturated heterocycles. The van der Waals surface area contributed by atoms with E-state index in [1.165, 1.54) is 12.1 Å². The zero-order valence-corrected chi connectivity index (χ0v) is 11.7. The molecule has 2 rings (SSSR count). The maximum absolute atomic E-state index is 12.2. The fourth-order valence-electron chi connectivity index (χ4n) is 2.38. The number of rotatable bonds is 6. The molecule has 0 bridgehead atoms. The molecule has 1 aliphatic rings. The molecule has 1 fully saturated rings. The average Bonchev–Trinajstić information content (AvgIpc) is 3.06. The molecule has 1 aromatic carbocycles. The van der Waals surface area contributed by atoms with Gasteiger partial charge >= 0.3 is 6.36 Å². The lowest BCUT2D eigenvalue weighted by molar-refractivity contribution is -0.274. The predicted octanol–water partition coefficient (Wildman–Crippen LogP) is 3.93. The number of alkyl halides is 3. The fraction of sp³-hybridized carbons (Fsp3) is 0.600. The van der Waals surface area contributed by atoms with Gasteiger partial charge < -0.3 is 10.1 Å². The standard InChI is InChI=1S/C15H20F3NO/c1-10(2)8-19-9-12-7-14(12)11-4-3-5-13(6-11)20-15(16,17)18/h3-6,10,12,14,19H,7-9H2,1-2H3. The quantitative estimate of drug-likeness (QED) is 0.856. The van der Waals surface area contributed by atoms with Gasteiger partial charge in [-0.15, -0.1) is 13.2 Å². The third-order valence-electron chi connectivity index (χ3n) is 3.40. The summed E-state index contributed by atoms with van der Waals surface area (Å²) >= 11 is 0. The van der Waals surface area contributed by atoms with Crippen LogP contribution in [0.3, 0.4) is 0 Å². The Kier molecular flexibility index (Phi) is 4.58. The van der Waals surface area contributed by atoms with Crippen molar-refractivity contribution in [3.63, 3.8) is 0 Å². The molecule has 1 aliphatic carbocycles. The van der Waals surface area contributed by atoms with Gasteiger partial charge in [0.25, 0.3) is 0 Å². The van der Waals surface area contributed by atoms with Crippen molar-refractivity contribution in [1.82, 2.24) is 5.32 Å². The average molecular weight is 287 g/mol. The van der Waals surface area contributed by atoms with E-state index >= 15 is 0 Å². The minimum Gasteiger partial charge on any atom is -0.406 e. The van der Waals surface area contributed by atoms with E-state index in [-0.39, 0.29) is 5.75 Å². The topological polar surface area (TPSA) is 21.3 Å². The van der Waals surface area contributed by atoms with Crippen LogP contribution < -0.4 is 10.1 Å². The highest BCUT2D eigenvalue weighted by Gasteiger charge is 2.38. The van der Waals surface area contributed by atoms with Gasteiger partial charge in [0.05, 0.1) is 0 Å². The maximum atomic E-state index is 12.2. The van der Waals surface area contributed by atoms with Crippen LogP contribution in [-0.4, -0.2) is 19.5 Å². The van der Waals surface area contributed by atoms with Crippen molar-refractivity contribution in [3.8, 4) is 5.75 Å². The smallest absolute Gasteiger partial charge is 0.406 e. The fourth-order valence-corrected chi connectivity index (χ4v) is 2.38. The van der Waals surface area contributed by atoms with Gasteiger partial charge in [-0.25, -0.2) is 0 Å². The van der Waals surface area contributed by atoms with E-state index in [2.05, 4.69) is 23.9 Å². The summed E-state index contributed by atoms with van der Waals surface area (Å²) in [5, 5.41) is 3.39. The zero-order chi connectivity index (χ0) is 14.8. The van der Waals surface area contributed by atoms with Gasteiger partial charge in [-0.2, -0.15) is 0 Å². The van der Waals surface area contributed by atoms with Gasteiger partial charge in [0.1, 0.15) is 5.75 Å². The van der Waals surface area contributed by atoms with Crippen molar-refractivity contribution in [3.05, 3.63) is 29.8 Å². The van der Waals surface area contributed by atoms with E-state index in [0.29, 0.717) is 17.8 Å². The van der Waals surface area contributed by atoms with Gasteiger partial charge in [0, 0.05) is 0 Å². The number of hydrogen-bond acceptors (Lipinski definition) is 2. The molecular weight excluding hydrogens is 267 g/mol. The van der Waals surface area contributed by atoms with E-state index < -0.39 is 6.36 Å². The van der Waals surface area contributed by atoms with Gasteiger partial charge in [0.15, 0.2) is 0 Å². The lowest BCUT2D eigenvalue weighted by atomic mass is 10.1. The molecule has 2 atom stereocenters. The van der Waals surface area contributed by atoms with Crippen molar-refractivity contribution in [2.75, 3.05) is 13.1 Å². The van der Waals surface area contributed by atoms with Crippen molar-refractivity contribution in [1.29, 1.82) is 0 Å². The molecular formula is C15H20F3NO. The maximum Gasteiger partial charge on any atom is 0.573 e. The number of ether oxygens (including phenoxy) is 1. The van der Waals surface area contributed by atoms with Crippen LogP contribution in [0.15, 0.2) is 24.3 Å². The molecule has 0 aliphatic heterocycles. The predicted molar refractivity (Wildman–Crippen MR) is 71.7 cm³/mol. The molecule has 0 amide bonds. The second-order valence-electron chi connectivity index (χ2n) is 5.77. The van der Waals surface area contributed by atoms with Crippen molar-refractivity contribution in [2.24, 2.45) is 11.8 Å². The summed E-state index contributed by atoms with van der Waals surface area (Å²) in [7, 11) is 0. The lowest BCUT2D eigenvalue weighted by Crippen LogP contribution is -2.22. The molecule has 0 heterocycles. The Labute approximate surface area is 117 Å². The van der Waals surface area contributed by atoms with E-state index in [4.69, 9.17) is 0 Å². The lowest BCUT2D eigenvalue weighted by Gasteiger charge is -2.10. The number of benzene rings is 1. The van der Waals surface area contributed by atoms with Crippen LogP contribution in [0.5, 0.6) is 5.75 Å². The first-order chi connectivity index (χ1) is 9.35. The van der Waals surface area contributed by atoms with Gasteiger partial charge in [-0.3, -0.25) is 0 Å². The molecule has 2 unspecified atom stereocenters. The highest BCUT2D eigenvalue weighted by atomic mass is 19.4. The normalized spacial score (nSPS) is 22.1. The monoisotopic (exact) mass is 287 g/mol. The van der Waals surface area contributed by atoms with Gasteiger partial charge in [-0.05, 0) is 55.0 Å². The summed E-state index contributed by atoms with van der Waals surface area (Å²) in [6, 6.07) is 6.33. The van der Waals surface area contributed by atoms with Crippen LogP contribution in [-0.2, 0) is 0 Å². The highest BCUT2D eigenvalue weighted by molar-refractivity contribution is 5.34. The van der Waals surface area contributed by atoms with Crippen LogP contribution in [0, 0.1) is 11.8 Å². The third kappa shape index (κ3) is 4.71. The van der Waals surface area contributed by atoms with E-state index in [9.17, 15) is 13.2 Å². The van der Waals surface area contributed by atoms with Gasteiger partial charge in [0.2, 0.25) is 0 Å². The van der Waals surface area contributed by atoms with Crippen molar-refractivity contribution < 1.29 is 17.9 Å². The molecule has 0 aromatic heterocycles. The first-order valence-electron chi connectivity index (χ1n) is 6.91. The van der Waals surface area contributed by atoms with Crippen LogP contribution in [0.2, 0.25) is 0 Å². The first-order valence-corrected chi connectivity index (χ1v) is 6.91. The second-order valence-corrected chi connectivity index (χ2v) is 5.77. The summed E-state index contributed by atoms with van der Waals surface area (Å²) in [6.07, 6.45) is -3.60. The summed E-state index contributed by atoms with van der Waals surface area (Å²) in [6.45, 7) is 6.19. The molecule has 1 N–H and O–H groups in total. The van der Waals surface area contributed by atoms with Crippen molar-refractivity contribution in [2.45, 2.75) is 32.5 Å². The Balaban J connectivity index is 1.87. The minimum atomic E-state index is -4.62. The minimum absolute atomic E-state index is 0.129. The third-order valence-corrected chi connectivity index (χ3v) is 3.40. The number of nitrogens with one attached hydrogen (secondary N) is 1. The van der Waals surface area contributed by atoms with Crippen LogP contribution in [0.4, 0.5) is 13.2 Å². The van der Waals surface area contributed by atoms with Crippen molar-refractivity contribution >= 4 is 0 Å². The van der Waals surface area contributed by atoms with Crippen LogP contribution >= 0.6 is 0 Å². The Morgan fingerprint density at radius 2 is 2.10 bits per heavy atom. The first kappa shape index (κ1) is 15.2. The van der Waals surface area contributed by atoms with Crippen LogP contribution in [0.1, 0.15) is 31.7 Å². The molecule has 1 saturated carbocycles. The molecule has 1 aromatic rings. The second kappa shape index (κ2) is 6.04. The molecule has 5 heteroatoms. The van der Waals surface area contributed by atoms with E-state index in [1.807, 2.05) is 6.07 Å². The van der Waals surface area contributed by atoms with E-state index in [1.54, 1.807) is 6.07 Å². The number of halogens is 3. The summed E-state index contributed by atoms with van der Waals surface area (Å²) in [5.74, 6) is 1.35. The zero-order valence-electron chi connectivity index (χ0n) is 11.7. The molecule has 20 heavy (non-hydrogen) atoms. The summed E-state index contributed by atoms with van der Waals surface area (Å²) in [5.41, 5.74) is 0.933.